The van der Waals surface area contributed by atoms with Crippen LogP contribution in [0.1, 0.15) is 18.4 Å². The smallest absolute Gasteiger partial charge is 0.138 e. The van der Waals surface area contributed by atoms with Crippen LogP contribution in [0.15, 0.2) is 12.1 Å². The summed E-state index contributed by atoms with van der Waals surface area (Å²) < 4.78 is 5.11. The molecule has 1 aromatic rings. The van der Waals surface area contributed by atoms with Crippen LogP contribution in [0, 0.1) is 5.41 Å². The third-order valence-electron chi connectivity index (χ3n) is 3.28. The summed E-state index contributed by atoms with van der Waals surface area (Å²) in [4.78, 5) is 0. The monoisotopic (exact) mass is 259 g/mol. The summed E-state index contributed by atoms with van der Waals surface area (Å²) >= 11 is 12.3. The van der Waals surface area contributed by atoms with Crippen LogP contribution in [0.4, 0.5) is 0 Å². The number of hydrogen-bond donors (Lipinski definition) is 1. The number of benzene rings is 1. The van der Waals surface area contributed by atoms with E-state index in [4.69, 9.17) is 33.7 Å². The lowest BCUT2D eigenvalue weighted by molar-refractivity contribution is 0.414. The average molecular weight is 260 g/mol. The molecular weight excluding hydrogens is 245 g/mol. The van der Waals surface area contributed by atoms with E-state index in [0.29, 0.717) is 22.3 Å². The molecule has 2 rings (SSSR count). The third-order valence-corrected chi connectivity index (χ3v) is 3.92. The maximum Gasteiger partial charge on any atom is 0.138 e. The standard InChI is InChI=1S/C12H15Cl2NO/c1-16-11-5-9(13)8(4-10(11)14)6-12(7-15)2-3-12/h4-5H,2-3,6-7,15H2,1H3. The van der Waals surface area contributed by atoms with Crippen molar-refractivity contribution < 1.29 is 4.74 Å². The van der Waals surface area contributed by atoms with E-state index >= 15 is 0 Å². The van der Waals surface area contributed by atoms with Gasteiger partial charge in [-0.1, -0.05) is 23.2 Å². The fraction of sp³-hybridized carbons (Fsp3) is 0.500. The number of nitrogens with two attached hydrogens (primary N) is 1. The van der Waals surface area contributed by atoms with Crippen LogP contribution in [-0.2, 0) is 6.42 Å². The highest BCUT2D eigenvalue weighted by molar-refractivity contribution is 6.34. The third kappa shape index (κ3) is 2.29. The highest BCUT2D eigenvalue weighted by Crippen LogP contribution is 2.48. The molecule has 0 unspecified atom stereocenters. The van der Waals surface area contributed by atoms with Gasteiger partial charge in [0, 0.05) is 11.1 Å². The lowest BCUT2D eigenvalue weighted by Gasteiger charge is -2.14. The minimum Gasteiger partial charge on any atom is -0.495 e. The van der Waals surface area contributed by atoms with Crippen LogP contribution < -0.4 is 10.5 Å². The second kappa shape index (κ2) is 4.44. The van der Waals surface area contributed by atoms with E-state index in [-0.39, 0.29) is 5.41 Å². The normalized spacial score (nSPS) is 17.2. The molecule has 88 valence electrons. The molecule has 1 aliphatic rings. The first-order valence-corrected chi connectivity index (χ1v) is 6.08. The summed E-state index contributed by atoms with van der Waals surface area (Å²) in [5.41, 5.74) is 7.09. The lowest BCUT2D eigenvalue weighted by atomic mass is 9.96. The van der Waals surface area contributed by atoms with Gasteiger partial charge in [0.1, 0.15) is 5.75 Å². The van der Waals surface area contributed by atoms with Crippen LogP contribution in [-0.4, -0.2) is 13.7 Å². The molecule has 1 saturated carbocycles. The molecule has 2 N–H and O–H groups in total. The zero-order valence-corrected chi connectivity index (χ0v) is 10.7. The molecule has 4 heteroatoms. The predicted molar refractivity (Wildman–Crippen MR) is 67.4 cm³/mol. The summed E-state index contributed by atoms with van der Waals surface area (Å²) in [5, 5.41) is 1.32. The fourth-order valence-corrected chi connectivity index (χ4v) is 2.38. The molecule has 1 aliphatic carbocycles. The van der Waals surface area contributed by atoms with Crippen LogP contribution in [0.25, 0.3) is 0 Å². The Balaban J connectivity index is 2.25. The molecule has 1 fully saturated rings. The highest BCUT2D eigenvalue weighted by Gasteiger charge is 2.41. The minimum absolute atomic E-state index is 0.265. The van der Waals surface area contributed by atoms with Gasteiger partial charge in [-0.3, -0.25) is 0 Å². The van der Waals surface area contributed by atoms with E-state index in [1.165, 1.54) is 12.8 Å². The largest absolute Gasteiger partial charge is 0.495 e. The lowest BCUT2D eigenvalue weighted by Crippen LogP contribution is -2.18. The molecule has 0 bridgehead atoms. The SMILES string of the molecule is COc1cc(Cl)c(CC2(CN)CC2)cc1Cl. The Labute approximate surface area is 106 Å². The second-order valence-corrected chi connectivity index (χ2v) is 5.27. The van der Waals surface area contributed by atoms with E-state index in [1.54, 1.807) is 13.2 Å². The van der Waals surface area contributed by atoms with E-state index in [1.807, 2.05) is 6.07 Å². The summed E-state index contributed by atoms with van der Waals surface area (Å²) in [6, 6.07) is 3.66. The van der Waals surface area contributed by atoms with E-state index in [9.17, 15) is 0 Å². The zero-order valence-electron chi connectivity index (χ0n) is 9.22. The fourth-order valence-electron chi connectivity index (χ4n) is 1.90. The van der Waals surface area contributed by atoms with Crippen molar-refractivity contribution in [3.05, 3.63) is 27.7 Å². The van der Waals surface area contributed by atoms with Crippen molar-refractivity contribution in [3.63, 3.8) is 0 Å². The van der Waals surface area contributed by atoms with Gasteiger partial charge in [0.25, 0.3) is 0 Å². The Morgan fingerprint density at radius 2 is 2.00 bits per heavy atom. The first-order chi connectivity index (χ1) is 7.60. The molecule has 1 aromatic carbocycles. The van der Waals surface area contributed by atoms with Gasteiger partial charge in [-0.05, 0) is 42.9 Å². The number of methoxy groups -OCH3 is 1. The molecule has 0 spiro atoms. The Morgan fingerprint density at radius 1 is 1.31 bits per heavy atom. The molecule has 0 atom stereocenters. The summed E-state index contributed by atoms with van der Waals surface area (Å²) in [6.07, 6.45) is 3.28. The maximum absolute atomic E-state index is 6.19. The summed E-state index contributed by atoms with van der Waals surface area (Å²) in [5.74, 6) is 0.619. The highest BCUT2D eigenvalue weighted by atomic mass is 35.5. The maximum atomic E-state index is 6.19. The summed E-state index contributed by atoms with van der Waals surface area (Å²) in [7, 11) is 1.58. The van der Waals surface area contributed by atoms with Crippen molar-refractivity contribution in [2.45, 2.75) is 19.3 Å². The van der Waals surface area contributed by atoms with Gasteiger partial charge in [0.15, 0.2) is 0 Å². The Morgan fingerprint density at radius 3 is 2.50 bits per heavy atom. The molecule has 2 nitrogen and oxygen atoms in total. The second-order valence-electron chi connectivity index (χ2n) is 4.46. The van der Waals surface area contributed by atoms with Crippen molar-refractivity contribution >= 4 is 23.2 Å². The molecule has 16 heavy (non-hydrogen) atoms. The average Bonchev–Trinajstić information content (AvgIpc) is 3.03. The number of ether oxygens (including phenoxy) is 1. The molecule has 0 aromatic heterocycles. The number of hydrogen-bond acceptors (Lipinski definition) is 2. The first-order valence-electron chi connectivity index (χ1n) is 5.32. The number of rotatable bonds is 4. The molecule has 0 heterocycles. The van der Waals surface area contributed by atoms with Crippen molar-refractivity contribution in [1.82, 2.24) is 0 Å². The van der Waals surface area contributed by atoms with E-state index in [0.717, 1.165) is 12.0 Å². The van der Waals surface area contributed by atoms with Crippen molar-refractivity contribution in [2.24, 2.45) is 11.1 Å². The first kappa shape index (κ1) is 12.0. The van der Waals surface area contributed by atoms with Crippen molar-refractivity contribution in [2.75, 3.05) is 13.7 Å². The van der Waals surface area contributed by atoms with Gasteiger partial charge < -0.3 is 10.5 Å². The minimum atomic E-state index is 0.265. The van der Waals surface area contributed by atoms with Crippen molar-refractivity contribution in [3.8, 4) is 5.75 Å². The van der Waals surface area contributed by atoms with Crippen LogP contribution >= 0.6 is 23.2 Å². The molecule has 0 saturated heterocycles. The van der Waals surface area contributed by atoms with Crippen molar-refractivity contribution in [1.29, 1.82) is 0 Å². The molecular formula is C12H15Cl2NO. The molecule has 0 amide bonds. The van der Waals surface area contributed by atoms with Gasteiger partial charge in [-0.25, -0.2) is 0 Å². The van der Waals surface area contributed by atoms with Crippen LogP contribution in [0.5, 0.6) is 5.75 Å². The zero-order chi connectivity index (χ0) is 11.8. The van der Waals surface area contributed by atoms with Gasteiger partial charge in [0.2, 0.25) is 0 Å². The Kier molecular flexibility index (Phi) is 3.34. The quantitative estimate of drug-likeness (QED) is 0.901. The van der Waals surface area contributed by atoms with Gasteiger partial charge in [0.05, 0.1) is 12.1 Å². The van der Waals surface area contributed by atoms with Crippen LogP contribution in [0.2, 0.25) is 10.0 Å². The number of halogens is 2. The topological polar surface area (TPSA) is 35.2 Å². The van der Waals surface area contributed by atoms with Gasteiger partial charge in [-0.2, -0.15) is 0 Å². The van der Waals surface area contributed by atoms with Gasteiger partial charge >= 0.3 is 0 Å². The molecule has 0 radical (unpaired) electrons. The van der Waals surface area contributed by atoms with E-state index < -0.39 is 0 Å². The van der Waals surface area contributed by atoms with Crippen LogP contribution in [0.3, 0.4) is 0 Å². The Bertz CT molecular complexity index is 402. The summed E-state index contributed by atoms with van der Waals surface area (Å²) in [6.45, 7) is 0.715. The predicted octanol–water partition coefficient (Wildman–Crippen LogP) is 3.28. The van der Waals surface area contributed by atoms with E-state index in [2.05, 4.69) is 0 Å². The van der Waals surface area contributed by atoms with Gasteiger partial charge in [-0.15, -0.1) is 0 Å². The molecule has 0 aliphatic heterocycles. The Hall–Kier alpha value is -0.440.